The van der Waals surface area contributed by atoms with Gasteiger partial charge in [-0.05, 0) is 31.1 Å². The molecule has 1 amide bonds. The Morgan fingerprint density at radius 2 is 2.05 bits per heavy atom. The van der Waals surface area contributed by atoms with Crippen LogP contribution in [0.4, 0.5) is 5.13 Å². The third kappa shape index (κ3) is 2.83. The first-order chi connectivity index (χ1) is 9.24. The Balaban J connectivity index is 1.63. The minimum atomic E-state index is 0.170. The molecule has 104 valence electrons. The molecular formula is C15H22N2OS. The molecule has 1 heterocycles. The van der Waals surface area contributed by atoms with Crippen LogP contribution < -0.4 is 5.32 Å². The van der Waals surface area contributed by atoms with Crippen LogP contribution in [-0.2, 0) is 4.79 Å². The average Bonchev–Trinajstić information content (AvgIpc) is 2.75. The quantitative estimate of drug-likeness (QED) is 0.901. The number of anilines is 1. The molecule has 3 rings (SSSR count). The van der Waals surface area contributed by atoms with Crippen molar-refractivity contribution < 1.29 is 4.79 Å². The van der Waals surface area contributed by atoms with E-state index in [9.17, 15) is 4.79 Å². The van der Waals surface area contributed by atoms with Gasteiger partial charge in [0, 0.05) is 17.0 Å². The number of nitrogens with zero attached hydrogens (tertiary/aromatic N) is 1. The van der Waals surface area contributed by atoms with E-state index in [0.717, 1.165) is 23.9 Å². The molecule has 0 saturated heterocycles. The summed E-state index contributed by atoms with van der Waals surface area (Å²) < 4.78 is 0. The highest BCUT2D eigenvalue weighted by atomic mass is 32.1. The van der Waals surface area contributed by atoms with E-state index in [1.165, 1.54) is 37.0 Å². The van der Waals surface area contributed by atoms with E-state index >= 15 is 0 Å². The number of rotatable bonds is 3. The second-order valence-electron chi connectivity index (χ2n) is 6.05. The van der Waals surface area contributed by atoms with Crippen molar-refractivity contribution in [2.45, 2.75) is 57.8 Å². The standard InChI is InChI=1S/C15H22N2OS/c1-10-5-2-3-8-12(10)13-9-16-15(19-13)17-14(18)11-6-4-7-11/h9-12H,2-8H2,1H3,(H,16,17,18)/t10-,12+/m1/s1. The zero-order valence-corrected chi connectivity index (χ0v) is 12.3. The Bertz CT molecular complexity index is 453. The Hall–Kier alpha value is -0.900. The van der Waals surface area contributed by atoms with Crippen LogP contribution in [0.15, 0.2) is 6.20 Å². The zero-order chi connectivity index (χ0) is 13.2. The summed E-state index contributed by atoms with van der Waals surface area (Å²) in [6, 6.07) is 0. The predicted octanol–water partition coefficient (Wildman–Crippen LogP) is 4.18. The van der Waals surface area contributed by atoms with Crippen LogP contribution in [-0.4, -0.2) is 10.9 Å². The summed E-state index contributed by atoms with van der Waals surface area (Å²) in [7, 11) is 0. The SMILES string of the molecule is C[C@@H]1CCCC[C@@H]1c1cnc(NC(=O)C2CCC2)s1. The molecular weight excluding hydrogens is 256 g/mol. The van der Waals surface area contributed by atoms with E-state index in [2.05, 4.69) is 17.2 Å². The molecule has 1 aromatic rings. The van der Waals surface area contributed by atoms with Crippen LogP contribution in [0, 0.1) is 11.8 Å². The van der Waals surface area contributed by atoms with Crippen LogP contribution in [0.25, 0.3) is 0 Å². The largest absolute Gasteiger partial charge is 0.302 e. The average molecular weight is 278 g/mol. The number of amides is 1. The number of nitrogens with one attached hydrogen (secondary N) is 1. The molecule has 2 aliphatic rings. The van der Waals surface area contributed by atoms with Crippen molar-refractivity contribution in [1.29, 1.82) is 0 Å². The lowest BCUT2D eigenvalue weighted by atomic mass is 9.80. The number of thiazole rings is 1. The third-order valence-electron chi connectivity index (χ3n) is 4.71. The van der Waals surface area contributed by atoms with Crippen molar-refractivity contribution in [2.24, 2.45) is 11.8 Å². The van der Waals surface area contributed by atoms with Gasteiger partial charge in [-0.3, -0.25) is 4.79 Å². The van der Waals surface area contributed by atoms with E-state index < -0.39 is 0 Å². The summed E-state index contributed by atoms with van der Waals surface area (Å²) in [4.78, 5) is 17.7. The lowest BCUT2D eigenvalue weighted by Gasteiger charge is -2.27. The number of hydrogen-bond acceptors (Lipinski definition) is 3. The summed E-state index contributed by atoms with van der Waals surface area (Å²) >= 11 is 1.68. The molecule has 2 saturated carbocycles. The molecule has 0 aliphatic heterocycles. The molecule has 4 heteroatoms. The normalized spacial score (nSPS) is 27.8. The van der Waals surface area contributed by atoms with E-state index in [0.29, 0.717) is 5.92 Å². The Morgan fingerprint density at radius 3 is 2.74 bits per heavy atom. The van der Waals surface area contributed by atoms with E-state index in [1.54, 1.807) is 11.3 Å². The monoisotopic (exact) mass is 278 g/mol. The summed E-state index contributed by atoms with van der Waals surface area (Å²) in [5.74, 6) is 1.81. The molecule has 1 aromatic heterocycles. The van der Waals surface area contributed by atoms with Gasteiger partial charge in [-0.1, -0.05) is 32.6 Å². The van der Waals surface area contributed by atoms with Gasteiger partial charge >= 0.3 is 0 Å². The predicted molar refractivity (Wildman–Crippen MR) is 78.5 cm³/mol. The van der Waals surface area contributed by atoms with Crippen molar-refractivity contribution in [2.75, 3.05) is 5.32 Å². The second kappa shape index (κ2) is 5.61. The van der Waals surface area contributed by atoms with Gasteiger partial charge in [-0.25, -0.2) is 4.98 Å². The molecule has 0 spiro atoms. The maximum atomic E-state index is 11.9. The van der Waals surface area contributed by atoms with Crippen molar-refractivity contribution in [3.63, 3.8) is 0 Å². The lowest BCUT2D eigenvalue weighted by molar-refractivity contribution is -0.122. The molecule has 0 radical (unpaired) electrons. The first-order valence-electron chi connectivity index (χ1n) is 7.50. The Labute approximate surface area is 118 Å². The molecule has 1 N–H and O–H groups in total. The first kappa shape index (κ1) is 13.1. The fourth-order valence-corrected chi connectivity index (χ4v) is 4.22. The molecule has 0 bridgehead atoms. The van der Waals surface area contributed by atoms with Crippen molar-refractivity contribution in [3.05, 3.63) is 11.1 Å². The highest BCUT2D eigenvalue weighted by Crippen LogP contribution is 2.40. The Morgan fingerprint density at radius 1 is 1.26 bits per heavy atom. The maximum absolute atomic E-state index is 11.9. The summed E-state index contributed by atoms with van der Waals surface area (Å²) in [6.07, 6.45) is 10.6. The summed E-state index contributed by atoms with van der Waals surface area (Å²) in [6.45, 7) is 2.34. The fourth-order valence-electron chi connectivity index (χ4n) is 3.13. The van der Waals surface area contributed by atoms with Gasteiger partial charge < -0.3 is 5.32 Å². The molecule has 2 fully saturated rings. The van der Waals surface area contributed by atoms with Gasteiger partial charge in [0.25, 0.3) is 0 Å². The molecule has 0 aromatic carbocycles. The number of carbonyl (C=O) groups is 1. The summed E-state index contributed by atoms with van der Waals surface area (Å²) in [5, 5.41) is 3.78. The topological polar surface area (TPSA) is 42.0 Å². The van der Waals surface area contributed by atoms with Gasteiger partial charge in [0.05, 0.1) is 0 Å². The molecule has 0 unspecified atom stereocenters. The van der Waals surface area contributed by atoms with Gasteiger partial charge in [0.2, 0.25) is 5.91 Å². The van der Waals surface area contributed by atoms with Crippen molar-refractivity contribution in [1.82, 2.24) is 4.98 Å². The van der Waals surface area contributed by atoms with E-state index in [1.807, 2.05) is 6.20 Å². The molecule has 2 atom stereocenters. The van der Waals surface area contributed by atoms with Crippen molar-refractivity contribution in [3.8, 4) is 0 Å². The minimum absolute atomic E-state index is 0.170. The first-order valence-corrected chi connectivity index (χ1v) is 8.32. The Kier molecular flexibility index (Phi) is 3.87. The third-order valence-corrected chi connectivity index (χ3v) is 5.75. The van der Waals surface area contributed by atoms with Crippen LogP contribution in [0.2, 0.25) is 0 Å². The second-order valence-corrected chi connectivity index (χ2v) is 7.12. The molecule has 19 heavy (non-hydrogen) atoms. The number of aromatic nitrogens is 1. The smallest absolute Gasteiger partial charge is 0.229 e. The highest BCUT2D eigenvalue weighted by Gasteiger charge is 2.27. The summed E-state index contributed by atoms with van der Waals surface area (Å²) in [5.41, 5.74) is 0. The fraction of sp³-hybridized carbons (Fsp3) is 0.733. The van der Waals surface area contributed by atoms with E-state index in [4.69, 9.17) is 0 Å². The van der Waals surface area contributed by atoms with Crippen LogP contribution in [0.5, 0.6) is 0 Å². The van der Waals surface area contributed by atoms with Gasteiger partial charge in [0.1, 0.15) is 0 Å². The van der Waals surface area contributed by atoms with E-state index in [-0.39, 0.29) is 11.8 Å². The van der Waals surface area contributed by atoms with Gasteiger partial charge in [0.15, 0.2) is 5.13 Å². The van der Waals surface area contributed by atoms with Gasteiger partial charge in [-0.15, -0.1) is 11.3 Å². The minimum Gasteiger partial charge on any atom is -0.302 e. The number of hydrogen-bond donors (Lipinski definition) is 1. The van der Waals surface area contributed by atoms with Crippen LogP contribution in [0.3, 0.4) is 0 Å². The molecule has 2 aliphatic carbocycles. The molecule has 3 nitrogen and oxygen atoms in total. The van der Waals surface area contributed by atoms with Gasteiger partial charge in [-0.2, -0.15) is 0 Å². The zero-order valence-electron chi connectivity index (χ0n) is 11.5. The lowest BCUT2D eigenvalue weighted by Crippen LogP contribution is -2.27. The maximum Gasteiger partial charge on any atom is 0.229 e. The van der Waals surface area contributed by atoms with Crippen molar-refractivity contribution >= 4 is 22.4 Å². The number of carbonyl (C=O) groups excluding carboxylic acids is 1. The van der Waals surface area contributed by atoms with Crippen LogP contribution >= 0.6 is 11.3 Å². The highest BCUT2D eigenvalue weighted by molar-refractivity contribution is 7.15. The van der Waals surface area contributed by atoms with Crippen LogP contribution in [0.1, 0.15) is 62.7 Å².